The molecule has 2 amide bonds. The van der Waals surface area contributed by atoms with Crippen LogP contribution < -0.4 is 14.9 Å². The van der Waals surface area contributed by atoms with E-state index >= 15 is 0 Å². The van der Waals surface area contributed by atoms with Crippen LogP contribution in [0.4, 0.5) is 11.5 Å². The quantitative estimate of drug-likeness (QED) is 0.419. The second-order valence-corrected chi connectivity index (χ2v) is 10.3. The monoisotopic (exact) mass is 466 g/mol. The van der Waals surface area contributed by atoms with E-state index in [-0.39, 0.29) is 12.3 Å². The lowest BCUT2D eigenvalue weighted by molar-refractivity contribution is -0.124. The minimum Gasteiger partial charge on any atom is -0.367 e. The van der Waals surface area contributed by atoms with Gasteiger partial charge in [-0.25, -0.2) is 13.4 Å². The number of hydrogen-bond acceptors (Lipinski definition) is 7. The van der Waals surface area contributed by atoms with Crippen LogP contribution in [0.5, 0.6) is 0 Å². The Kier molecular flexibility index (Phi) is 4.93. The fourth-order valence-corrected chi connectivity index (χ4v) is 4.13. The first-order chi connectivity index (χ1) is 15.7. The second kappa shape index (κ2) is 7.69. The Morgan fingerprint density at radius 2 is 2.03 bits per heavy atom. The molecule has 2 N–H and O–H groups in total. The molecule has 11 heteroatoms. The number of fused-ring (bicyclic) bond motifs is 1. The molecule has 1 saturated heterocycles. The van der Waals surface area contributed by atoms with E-state index in [1.807, 2.05) is 12.1 Å². The number of carbonyl (C=O) groups is 2. The lowest BCUT2D eigenvalue weighted by atomic mass is 10.1. The molecule has 0 spiro atoms. The van der Waals surface area contributed by atoms with Gasteiger partial charge in [-0.3, -0.25) is 19.2 Å². The Morgan fingerprint density at radius 1 is 1.24 bits per heavy atom. The summed E-state index contributed by atoms with van der Waals surface area (Å²) >= 11 is 0. The molecule has 1 aliphatic heterocycles. The van der Waals surface area contributed by atoms with Gasteiger partial charge in [0.25, 0.3) is 5.91 Å². The molecule has 1 saturated carbocycles. The van der Waals surface area contributed by atoms with Crippen LogP contribution in [0.25, 0.3) is 23.0 Å². The van der Waals surface area contributed by atoms with Crippen LogP contribution >= 0.6 is 0 Å². The Morgan fingerprint density at radius 3 is 2.70 bits per heavy atom. The van der Waals surface area contributed by atoms with Crippen molar-refractivity contribution in [3.63, 3.8) is 0 Å². The molecule has 5 rings (SSSR count). The van der Waals surface area contributed by atoms with E-state index in [1.54, 1.807) is 35.0 Å². The number of carbonyl (C=O) groups excluding carboxylic acids is 2. The van der Waals surface area contributed by atoms with Gasteiger partial charge in [-0.2, -0.15) is 9.61 Å². The first-order valence-corrected chi connectivity index (χ1v) is 12.3. The normalized spacial score (nSPS) is 17.6. The number of rotatable bonds is 6. The van der Waals surface area contributed by atoms with E-state index in [0.717, 1.165) is 30.5 Å². The number of nitrogens with zero attached hydrogens (tertiary/aromatic N) is 4. The number of aromatic nitrogens is 3. The van der Waals surface area contributed by atoms with Crippen LogP contribution in [0, 0.1) is 0 Å². The molecule has 170 valence electrons. The molecule has 3 aromatic rings. The summed E-state index contributed by atoms with van der Waals surface area (Å²) in [6.07, 6.45) is 6.54. The second-order valence-electron chi connectivity index (χ2n) is 8.29. The number of benzene rings is 1. The molecule has 33 heavy (non-hydrogen) atoms. The van der Waals surface area contributed by atoms with Gasteiger partial charge in [0.1, 0.15) is 5.82 Å². The summed E-state index contributed by atoms with van der Waals surface area (Å²) in [6.45, 7) is 0. The molecule has 0 radical (unpaired) electrons. The fraction of sp³-hybridized carbons (Fsp3) is 0.273. The van der Waals surface area contributed by atoms with Crippen LogP contribution in [0.15, 0.2) is 42.1 Å². The maximum absolute atomic E-state index is 12.0. The zero-order chi connectivity index (χ0) is 23.3. The molecular formula is C22H22N6O4S. The van der Waals surface area contributed by atoms with E-state index in [0.29, 0.717) is 34.2 Å². The van der Waals surface area contributed by atoms with Crippen molar-refractivity contribution in [3.05, 3.63) is 47.7 Å². The SMILES string of the molecule is CN(c1cccc(-c2cc(NC3CC3)n3ncc(C=C4CC(=O)NC4=O)c3n2)c1)S(C)(=O)=O. The Bertz CT molecular complexity index is 1440. The standard InChI is InChI=1S/C22H22N6O4S/c1-27(33(2,31)32)17-5-3-4-13(9-17)18-11-19(24-16-6-7-16)28-21(25-18)15(12-23-28)8-14-10-20(29)26-22(14)30/h3-5,8-9,11-12,16,24H,6-7,10H2,1-2H3,(H,26,29,30). The highest BCUT2D eigenvalue weighted by Crippen LogP contribution is 2.31. The average molecular weight is 467 g/mol. The highest BCUT2D eigenvalue weighted by atomic mass is 32.2. The largest absolute Gasteiger partial charge is 0.367 e. The van der Waals surface area contributed by atoms with Crippen molar-refractivity contribution < 1.29 is 18.0 Å². The molecule has 2 aliphatic rings. The van der Waals surface area contributed by atoms with Crippen LogP contribution in [0.1, 0.15) is 24.8 Å². The van der Waals surface area contributed by atoms with E-state index in [9.17, 15) is 18.0 Å². The Labute approximate surface area is 190 Å². The molecule has 1 aliphatic carbocycles. The smallest absolute Gasteiger partial charge is 0.254 e. The summed E-state index contributed by atoms with van der Waals surface area (Å²) in [6, 6.07) is 9.35. The highest BCUT2D eigenvalue weighted by molar-refractivity contribution is 7.92. The van der Waals surface area contributed by atoms with Crippen LogP contribution in [-0.2, 0) is 19.6 Å². The molecule has 1 aromatic carbocycles. The van der Waals surface area contributed by atoms with E-state index < -0.39 is 15.9 Å². The maximum atomic E-state index is 12.0. The number of sulfonamides is 1. The zero-order valence-corrected chi connectivity index (χ0v) is 18.9. The topological polar surface area (TPSA) is 126 Å². The predicted molar refractivity (Wildman–Crippen MR) is 124 cm³/mol. The molecule has 10 nitrogen and oxygen atoms in total. The van der Waals surface area contributed by atoms with Crippen LogP contribution in [0.2, 0.25) is 0 Å². The average Bonchev–Trinajstić information content (AvgIpc) is 3.40. The molecule has 0 bridgehead atoms. The van der Waals surface area contributed by atoms with Gasteiger partial charge in [-0.05, 0) is 31.1 Å². The van der Waals surface area contributed by atoms with Gasteiger partial charge in [-0.15, -0.1) is 0 Å². The van der Waals surface area contributed by atoms with E-state index in [2.05, 4.69) is 15.7 Å². The van der Waals surface area contributed by atoms with E-state index in [4.69, 9.17) is 4.98 Å². The number of nitrogens with one attached hydrogen (secondary N) is 2. The fourth-order valence-electron chi connectivity index (χ4n) is 3.63. The minimum atomic E-state index is -3.41. The van der Waals surface area contributed by atoms with Gasteiger partial charge in [0.15, 0.2) is 5.65 Å². The summed E-state index contributed by atoms with van der Waals surface area (Å²) in [5.41, 5.74) is 3.37. The van der Waals surface area contributed by atoms with Crippen molar-refractivity contribution >= 4 is 45.1 Å². The van der Waals surface area contributed by atoms with E-state index in [1.165, 1.54) is 11.4 Å². The Balaban J connectivity index is 1.63. The summed E-state index contributed by atoms with van der Waals surface area (Å²) in [4.78, 5) is 28.4. The number of hydrogen-bond donors (Lipinski definition) is 2. The van der Waals surface area contributed by atoms with Gasteiger partial charge in [0.05, 0.1) is 30.3 Å². The lowest BCUT2D eigenvalue weighted by Gasteiger charge is -2.17. The predicted octanol–water partition coefficient (Wildman–Crippen LogP) is 1.80. The zero-order valence-electron chi connectivity index (χ0n) is 18.1. The number of anilines is 2. The van der Waals surface area contributed by atoms with Gasteiger partial charge in [0.2, 0.25) is 15.9 Å². The van der Waals surface area contributed by atoms with Gasteiger partial charge >= 0.3 is 0 Å². The van der Waals surface area contributed by atoms with Crippen molar-refractivity contribution in [2.75, 3.05) is 22.9 Å². The number of amides is 2. The molecule has 2 fully saturated rings. The van der Waals surface area contributed by atoms with Crippen molar-refractivity contribution in [3.8, 4) is 11.3 Å². The summed E-state index contributed by atoms with van der Waals surface area (Å²) in [5.74, 6) is -0.00131. The van der Waals surface area contributed by atoms with Crippen molar-refractivity contribution in [2.45, 2.75) is 25.3 Å². The summed E-state index contributed by atoms with van der Waals surface area (Å²) in [7, 11) is -1.91. The van der Waals surface area contributed by atoms with Gasteiger partial charge < -0.3 is 5.32 Å². The third kappa shape index (κ3) is 4.19. The first kappa shape index (κ1) is 21.1. The van der Waals surface area contributed by atoms with Gasteiger partial charge in [-0.1, -0.05) is 12.1 Å². The van der Waals surface area contributed by atoms with Crippen LogP contribution in [0.3, 0.4) is 0 Å². The minimum absolute atomic E-state index is 0.0168. The lowest BCUT2D eigenvalue weighted by Crippen LogP contribution is -2.24. The highest BCUT2D eigenvalue weighted by Gasteiger charge is 2.26. The molecular weight excluding hydrogens is 444 g/mol. The third-order valence-corrected chi connectivity index (χ3v) is 6.86. The third-order valence-electron chi connectivity index (χ3n) is 5.66. The maximum Gasteiger partial charge on any atom is 0.254 e. The molecule has 0 atom stereocenters. The molecule has 3 heterocycles. The molecule has 2 aromatic heterocycles. The molecule has 0 unspecified atom stereocenters. The number of imide groups is 1. The van der Waals surface area contributed by atoms with Crippen LogP contribution in [-0.4, -0.2) is 54.2 Å². The first-order valence-electron chi connectivity index (χ1n) is 10.4. The summed E-state index contributed by atoms with van der Waals surface area (Å²) in [5, 5.41) is 10.2. The van der Waals surface area contributed by atoms with Crippen molar-refractivity contribution in [1.82, 2.24) is 19.9 Å². The Hall–Kier alpha value is -3.73. The summed E-state index contributed by atoms with van der Waals surface area (Å²) < 4.78 is 26.9. The van der Waals surface area contributed by atoms with Crippen molar-refractivity contribution in [1.29, 1.82) is 0 Å². The van der Waals surface area contributed by atoms with Crippen molar-refractivity contribution in [2.24, 2.45) is 0 Å². The van der Waals surface area contributed by atoms with Gasteiger partial charge in [0, 0.05) is 35.9 Å².